The van der Waals surface area contributed by atoms with E-state index in [9.17, 15) is 5.11 Å². The first-order chi connectivity index (χ1) is 5.64. The van der Waals surface area contributed by atoms with Crippen molar-refractivity contribution in [2.45, 2.75) is 25.7 Å². The zero-order chi connectivity index (χ0) is 9.61. The Morgan fingerprint density at radius 3 is 2.00 bits per heavy atom. The van der Waals surface area contributed by atoms with Crippen molar-refractivity contribution in [2.24, 2.45) is 0 Å². The Labute approximate surface area is 73.4 Å². The molecule has 0 aromatic rings. The first kappa shape index (κ1) is 11.8. The van der Waals surface area contributed by atoms with Gasteiger partial charge in [0.05, 0.1) is 0 Å². The monoisotopic (exact) mass is 177 g/mol. The molecule has 0 saturated carbocycles. The second-order valence-corrected chi connectivity index (χ2v) is 2.37. The van der Waals surface area contributed by atoms with Gasteiger partial charge in [0.2, 0.25) is 0 Å². The highest BCUT2D eigenvalue weighted by molar-refractivity contribution is 4.87. The second kappa shape index (κ2) is 5.48. The van der Waals surface area contributed by atoms with E-state index in [-0.39, 0.29) is 0 Å². The Morgan fingerprint density at radius 2 is 1.75 bits per heavy atom. The number of aliphatic hydroxyl groups is 1. The first-order valence-electron chi connectivity index (χ1n) is 3.87. The van der Waals surface area contributed by atoms with Crippen molar-refractivity contribution in [3.8, 4) is 0 Å². The molecular weight excluding hydrogens is 160 g/mol. The van der Waals surface area contributed by atoms with Gasteiger partial charge in [-0.15, -0.1) is 0 Å². The highest BCUT2D eigenvalue weighted by Gasteiger charge is 2.38. The van der Waals surface area contributed by atoms with E-state index in [1.807, 2.05) is 6.92 Å². The molecule has 0 aliphatic heterocycles. The maximum Gasteiger partial charge on any atom is 0.314 e. The van der Waals surface area contributed by atoms with Crippen LogP contribution >= 0.6 is 0 Å². The fraction of sp³-hybridized carbons (Fsp3) is 0.875. The molecular formula is C8H17O4. The Hall–Kier alpha value is -0.160. The molecule has 0 atom stereocenters. The number of hydrogen-bond acceptors (Lipinski definition) is 4. The van der Waals surface area contributed by atoms with Gasteiger partial charge in [-0.05, 0) is 6.42 Å². The average Bonchev–Trinajstić information content (AvgIpc) is 2.13. The molecule has 4 nitrogen and oxygen atoms in total. The SMILES string of the molecule is CCC[C](OC)C(O)(OC)OC. The summed E-state index contributed by atoms with van der Waals surface area (Å²) < 4.78 is 14.5. The van der Waals surface area contributed by atoms with E-state index in [1.165, 1.54) is 21.3 Å². The zero-order valence-corrected chi connectivity index (χ0v) is 8.09. The number of methoxy groups -OCH3 is 3. The van der Waals surface area contributed by atoms with Gasteiger partial charge >= 0.3 is 5.97 Å². The molecule has 0 aliphatic carbocycles. The molecule has 0 bridgehead atoms. The molecule has 1 N–H and O–H groups in total. The van der Waals surface area contributed by atoms with Crippen molar-refractivity contribution < 1.29 is 19.3 Å². The van der Waals surface area contributed by atoms with E-state index in [0.29, 0.717) is 12.5 Å². The maximum absolute atomic E-state index is 9.61. The van der Waals surface area contributed by atoms with Crippen LogP contribution in [0.15, 0.2) is 0 Å². The Bertz CT molecular complexity index is 112. The van der Waals surface area contributed by atoms with Gasteiger partial charge < -0.3 is 19.3 Å². The molecule has 0 spiro atoms. The highest BCUT2D eigenvalue weighted by atomic mass is 16.8. The molecule has 0 fully saturated rings. The predicted molar refractivity (Wildman–Crippen MR) is 44.1 cm³/mol. The van der Waals surface area contributed by atoms with E-state index >= 15 is 0 Å². The normalized spacial score (nSPS) is 12.5. The molecule has 0 amide bonds. The topological polar surface area (TPSA) is 47.9 Å². The average molecular weight is 177 g/mol. The van der Waals surface area contributed by atoms with Crippen LogP contribution in [0.5, 0.6) is 0 Å². The zero-order valence-electron chi connectivity index (χ0n) is 8.09. The molecule has 4 heteroatoms. The van der Waals surface area contributed by atoms with Crippen LogP contribution in [0.3, 0.4) is 0 Å². The molecule has 0 unspecified atom stereocenters. The lowest BCUT2D eigenvalue weighted by molar-refractivity contribution is -0.350. The number of hydrogen-bond donors (Lipinski definition) is 1. The van der Waals surface area contributed by atoms with Gasteiger partial charge in [0.15, 0.2) is 6.10 Å². The molecule has 0 aromatic carbocycles. The summed E-state index contributed by atoms with van der Waals surface area (Å²) in [6.45, 7) is 1.98. The molecule has 0 aliphatic rings. The van der Waals surface area contributed by atoms with Crippen molar-refractivity contribution in [3.63, 3.8) is 0 Å². The van der Waals surface area contributed by atoms with Crippen LogP contribution in [-0.2, 0) is 14.2 Å². The summed E-state index contributed by atoms with van der Waals surface area (Å²) in [5.74, 6) is -1.70. The van der Waals surface area contributed by atoms with E-state index in [2.05, 4.69) is 0 Å². The van der Waals surface area contributed by atoms with Crippen molar-refractivity contribution in [1.29, 1.82) is 0 Å². The smallest absolute Gasteiger partial charge is 0.314 e. The second-order valence-electron chi connectivity index (χ2n) is 2.37. The standard InChI is InChI=1S/C8H17O4/c1-5-6-7(10-2)8(9,11-3)12-4/h9H,5-6H2,1-4H3. The lowest BCUT2D eigenvalue weighted by Gasteiger charge is -2.30. The third-order valence-corrected chi connectivity index (χ3v) is 1.63. The summed E-state index contributed by atoms with van der Waals surface area (Å²) in [7, 11) is 4.20. The number of ether oxygens (including phenoxy) is 3. The van der Waals surface area contributed by atoms with Crippen LogP contribution < -0.4 is 0 Å². The van der Waals surface area contributed by atoms with Gasteiger partial charge in [0.25, 0.3) is 0 Å². The molecule has 73 valence electrons. The van der Waals surface area contributed by atoms with Gasteiger partial charge in [-0.1, -0.05) is 13.3 Å². The Balaban J connectivity index is 4.21. The quantitative estimate of drug-likeness (QED) is 0.612. The maximum atomic E-state index is 9.61. The number of rotatable bonds is 6. The van der Waals surface area contributed by atoms with Crippen LogP contribution in [0.4, 0.5) is 0 Å². The van der Waals surface area contributed by atoms with Crippen LogP contribution in [0.25, 0.3) is 0 Å². The van der Waals surface area contributed by atoms with E-state index in [0.717, 1.165) is 6.42 Å². The molecule has 12 heavy (non-hydrogen) atoms. The van der Waals surface area contributed by atoms with Crippen molar-refractivity contribution in [1.82, 2.24) is 0 Å². The lowest BCUT2D eigenvalue weighted by Crippen LogP contribution is -2.41. The lowest BCUT2D eigenvalue weighted by atomic mass is 10.2. The summed E-state index contributed by atoms with van der Waals surface area (Å²) in [5, 5.41) is 9.61. The molecule has 1 radical (unpaired) electrons. The summed E-state index contributed by atoms with van der Waals surface area (Å²) in [6, 6.07) is 0. The fourth-order valence-electron chi connectivity index (χ4n) is 0.927. The predicted octanol–water partition coefficient (Wildman–Crippen LogP) is 0.904. The van der Waals surface area contributed by atoms with Crippen molar-refractivity contribution in [2.75, 3.05) is 21.3 Å². The van der Waals surface area contributed by atoms with Crippen LogP contribution in [0.2, 0.25) is 0 Å². The van der Waals surface area contributed by atoms with E-state index in [4.69, 9.17) is 14.2 Å². The van der Waals surface area contributed by atoms with Crippen molar-refractivity contribution in [3.05, 3.63) is 6.10 Å². The van der Waals surface area contributed by atoms with E-state index < -0.39 is 5.97 Å². The summed E-state index contributed by atoms with van der Waals surface area (Å²) in [6.07, 6.45) is 1.85. The summed E-state index contributed by atoms with van der Waals surface area (Å²) in [5.41, 5.74) is 0. The minimum absolute atomic E-state index is 0.384. The minimum Gasteiger partial charge on any atom is -0.366 e. The van der Waals surface area contributed by atoms with Crippen molar-refractivity contribution >= 4 is 0 Å². The Kier molecular flexibility index (Phi) is 5.41. The van der Waals surface area contributed by atoms with Crippen LogP contribution in [0.1, 0.15) is 19.8 Å². The van der Waals surface area contributed by atoms with Gasteiger partial charge in [-0.2, -0.15) is 0 Å². The molecule has 0 rings (SSSR count). The summed E-state index contributed by atoms with van der Waals surface area (Å²) >= 11 is 0. The third kappa shape index (κ3) is 2.71. The van der Waals surface area contributed by atoms with Gasteiger partial charge in [-0.3, -0.25) is 0 Å². The van der Waals surface area contributed by atoms with E-state index in [1.54, 1.807) is 0 Å². The van der Waals surface area contributed by atoms with Gasteiger partial charge in [0.1, 0.15) is 0 Å². The molecule has 0 aromatic heterocycles. The van der Waals surface area contributed by atoms with Gasteiger partial charge in [0, 0.05) is 21.3 Å². The summed E-state index contributed by atoms with van der Waals surface area (Å²) in [4.78, 5) is 0. The van der Waals surface area contributed by atoms with Crippen LogP contribution in [0, 0.1) is 6.10 Å². The Morgan fingerprint density at radius 1 is 1.25 bits per heavy atom. The van der Waals surface area contributed by atoms with Gasteiger partial charge in [-0.25, -0.2) is 0 Å². The minimum atomic E-state index is -1.70. The largest absolute Gasteiger partial charge is 0.366 e. The molecule has 0 heterocycles. The van der Waals surface area contributed by atoms with Crippen LogP contribution in [-0.4, -0.2) is 32.4 Å². The highest BCUT2D eigenvalue weighted by Crippen LogP contribution is 2.26. The molecule has 0 saturated heterocycles. The first-order valence-corrected chi connectivity index (χ1v) is 3.87. The fourth-order valence-corrected chi connectivity index (χ4v) is 0.927. The third-order valence-electron chi connectivity index (χ3n) is 1.63.